The summed E-state index contributed by atoms with van der Waals surface area (Å²) in [5.74, 6) is -1.85. The fraction of sp³-hybridized carbons (Fsp3) is 0.111. The van der Waals surface area contributed by atoms with E-state index in [4.69, 9.17) is 9.47 Å². The van der Waals surface area contributed by atoms with Gasteiger partial charge in [0, 0.05) is 16.8 Å². The number of aromatic hydroxyl groups is 1. The zero-order chi connectivity index (χ0) is 26.4. The van der Waals surface area contributed by atoms with Gasteiger partial charge in [0.25, 0.3) is 11.5 Å². The first kappa shape index (κ1) is 25.1. The molecule has 1 amide bonds. The third-order valence-corrected chi connectivity index (χ3v) is 5.29. The molecule has 0 aliphatic heterocycles. The molecule has 10 heteroatoms. The highest BCUT2D eigenvalue weighted by molar-refractivity contribution is 6.02. The number of benzene rings is 3. The molecule has 2 N–H and O–H groups in total. The van der Waals surface area contributed by atoms with Crippen molar-refractivity contribution >= 4 is 28.9 Å². The number of nitrogens with zero attached hydrogens (tertiary/aromatic N) is 2. The number of nitrogens with one attached hydrogen (secondary N) is 1. The topological polar surface area (TPSA) is 119 Å². The molecule has 9 nitrogen and oxygen atoms in total. The van der Waals surface area contributed by atoms with Crippen LogP contribution < -0.4 is 15.7 Å². The largest absolute Gasteiger partial charge is 0.494 e. The van der Waals surface area contributed by atoms with Crippen LogP contribution in [-0.2, 0) is 9.53 Å². The van der Waals surface area contributed by atoms with Gasteiger partial charge in [0.05, 0.1) is 29.6 Å². The van der Waals surface area contributed by atoms with Crippen LogP contribution in [0.5, 0.6) is 11.6 Å². The van der Waals surface area contributed by atoms with Crippen molar-refractivity contribution < 1.29 is 28.6 Å². The summed E-state index contributed by atoms with van der Waals surface area (Å²) in [7, 11) is 0. The highest BCUT2D eigenvalue weighted by atomic mass is 19.1. The van der Waals surface area contributed by atoms with E-state index < -0.39 is 35.7 Å². The van der Waals surface area contributed by atoms with E-state index in [-0.39, 0.29) is 17.9 Å². The van der Waals surface area contributed by atoms with Gasteiger partial charge in [-0.1, -0.05) is 24.3 Å². The number of esters is 1. The maximum atomic E-state index is 13.2. The van der Waals surface area contributed by atoms with Crippen LogP contribution in [0, 0.1) is 5.82 Å². The summed E-state index contributed by atoms with van der Waals surface area (Å²) < 4.78 is 24.5. The minimum Gasteiger partial charge on any atom is -0.494 e. The van der Waals surface area contributed by atoms with E-state index >= 15 is 0 Å². The van der Waals surface area contributed by atoms with E-state index in [0.29, 0.717) is 22.0 Å². The van der Waals surface area contributed by atoms with Crippen LogP contribution in [0.3, 0.4) is 0 Å². The first-order chi connectivity index (χ1) is 17.9. The summed E-state index contributed by atoms with van der Waals surface area (Å²) in [5, 5.41) is 15.6. The van der Waals surface area contributed by atoms with Crippen molar-refractivity contribution in [3.05, 3.63) is 100 Å². The molecule has 0 fully saturated rings. The molecule has 4 aromatic rings. The Morgan fingerprint density at radius 2 is 1.78 bits per heavy atom. The average molecular weight is 503 g/mol. The predicted molar refractivity (Wildman–Crippen MR) is 135 cm³/mol. The lowest BCUT2D eigenvalue weighted by atomic mass is 10.1. The summed E-state index contributed by atoms with van der Waals surface area (Å²) in [4.78, 5) is 37.3. The van der Waals surface area contributed by atoms with E-state index in [9.17, 15) is 23.9 Å². The zero-order valence-electron chi connectivity index (χ0n) is 19.7. The Kier molecular flexibility index (Phi) is 7.58. The van der Waals surface area contributed by atoms with Crippen molar-refractivity contribution in [3.63, 3.8) is 0 Å². The number of carbonyl (C=O) groups is 2. The number of rotatable bonds is 8. The Balaban J connectivity index is 1.61. The highest BCUT2D eigenvalue weighted by Crippen LogP contribution is 2.26. The Morgan fingerprint density at radius 3 is 2.49 bits per heavy atom. The number of pyridine rings is 1. The van der Waals surface area contributed by atoms with Gasteiger partial charge >= 0.3 is 5.97 Å². The maximum absolute atomic E-state index is 13.2. The SMILES string of the molecule is CCOC(=O)c1ccc(-n2c(O)c(/C=N/NC(=O)COc3cccc(F)c3)c3ccccc3c2=O)cc1. The normalized spacial score (nSPS) is 11.0. The summed E-state index contributed by atoms with van der Waals surface area (Å²) in [6, 6.07) is 18.0. The molecule has 0 bridgehead atoms. The van der Waals surface area contributed by atoms with Gasteiger partial charge in [-0.05, 0) is 49.4 Å². The molecule has 0 saturated heterocycles. The molecule has 1 aromatic heterocycles. The summed E-state index contributed by atoms with van der Waals surface area (Å²) >= 11 is 0. The van der Waals surface area contributed by atoms with Gasteiger partial charge in [0.1, 0.15) is 11.6 Å². The number of halogens is 1. The van der Waals surface area contributed by atoms with Crippen molar-refractivity contribution in [1.29, 1.82) is 0 Å². The second kappa shape index (κ2) is 11.2. The van der Waals surface area contributed by atoms with Gasteiger partial charge < -0.3 is 14.6 Å². The fourth-order valence-corrected chi connectivity index (χ4v) is 3.60. The van der Waals surface area contributed by atoms with Gasteiger partial charge in [0.15, 0.2) is 6.61 Å². The fourth-order valence-electron chi connectivity index (χ4n) is 3.60. The second-order valence-corrected chi connectivity index (χ2v) is 7.73. The lowest BCUT2D eigenvalue weighted by Crippen LogP contribution is -2.25. The summed E-state index contributed by atoms with van der Waals surface area (Å²) in [6.45, 7) is 1.50. The molecular weight excluding hydrogens is 481 g/mol. The quantitative estimate of drug-likeness (QED) is 0.216. The molecule has 0 aliphatic rings. The molecule has 37 heavy (non-hydrogen) atoms. The summed E-state index contributed by atoms with van der Waals surface area (Å²) in [6.07, 6.45) is 1.21. The number of hydrogen-bond acceptors (Lipinski definition) is 7. The zero-order valence-corrected chi connectivity index (χ0v) is 19.7. The van der Waals surface area contributed by atoms with Crippen molar-refractivity contribution in [2.75, 3.05) is 13.2 Å². The van der Waals surface area contributed by atoms with Gasteiger partial charge in [-0.3, -0.25) is 9.59 Å². The first-order valence-corrected chi connectivity index (χ1v) is 11.2. The average Bonchev–Trinajstić information content (AvgIpc) is 2.90. The van der Waals surface area contributed by atoms with Gasteiger partial charge in [-0.15, -0.1) is 0 Å². The predicted octanol–water partition coefficient (Wildman–Crippen LogP) is 3.54. The standard InChI is InChI=1S/C27H22FN3O6/c1-2-36-27(35)17-10-12-19(13-11-17)31-25(33)22-9-4-3-8-21(22)23(26(31)34)15-29-30-24(32)16-37-20-7-5-6-18(28)14-20/h3-15,34H,2,16H2,1H3,(H,30,32)/b29-15+. The number of hydrogen-bond donors (Lipinski definition) is 2. The molecule has 0 aliphatic carbocycles. The van der Waals surface area contributed by atoms with Crippen LogP contribution >= 0.6 is 0 Å². The van der Waals surface area contributed by atoms with E-state index in [1.165, 1.54) is 48.7 Å². The third kappa shape index (κ3) is 5.64. The molecule has 188 valence electrons. The third-order valence-electron chi connectivity index (χ3n) is 5.29. The Bertz CT molecular complexity index is 1550. The van der Waals surface area contributed by atoms with E-state index in [1.807, 2.05) is 0 Å². The Hall–Kier alpha value is -4.99. The van der Waals surface area contributed by atoms with Crippen LogP contribution in [0.2, 0.25) is 0 Å². The Morgan fingerprint density at radius 1 is 1.05 bits per heavy atom. The number of aromatic nitrogens is 1. The number of ether oxygens (including phenoxy) is 2. The van der Waals surface area contributed by atoms with Crippen molar-refractivity contribution in [2.24, 2.45) is 5.10 Å². The first-order valence-electron chi connectivity index (χ1n) is 11.2. The smallest absolute Gasteiger partial charge is 0.338 e. The minimum absolute atomic E-state index is 0.177. The lowest BCUT2D eigenvalue weighted by molar-refractivity contribution is -0.123. The van der Waals surface area contributed by atoms with Gasteiger partial charge in [0.2, 0.25) is 5.88 Å². The van der Waals surface area contributed by atoms with Crippen LogP contribution in [0.25, 0.3) is 16.5 Å². The number of amides is 1. The lowest BCUT2D eigenvalue weighted by Gasteiger charge is -2.14. The van der Waals surface area contributed by atoms with Crippen molar-refractivity contribution in [2.45, 2.75) is 6.92 Å². The molecule has 0 saturated carbocycles. The molecule has 3 aromatic carbocycles. The molecule has 0 radical (unpaired) electrons. The molecule has 1 heterocycles. The van der Waals surface area contributed by atoms with E-state index in [2.05, 4.69) is 10.5 Å². The van der Waals surface area contributed by atoms with E-state index in [1.54, 1.807) is 31.2 Å². The maximum Gasteiger partial charge on any atom is 0.338 e. The number of fused-ring (bicyclic) bond motifs is 1. The molecule has 0 spiro atoms. The van der Waals surface area contributed by atoms with Crippen LogP contribution in [0.1, 0.15) is 22.8 Å². The van der Waals surface area contributed by atoms with Gasteiger partial charge in [-0.25, -0.2) is 19.2 Å². The molecule has 0 unspecified atom stereocenters. The Labute approximate surface area is 210 Å². The second-order valence-electron chi connectivity index (χ2n) is 7.73. The summed E-state index contributed by atoms with van der Waals surface area (Å²) in [5.41, 5.74) is 2.57. The molecular formula is C27H22FN3O6. The monoisotopic (exact) mass is 503 g/mol. The van der Waals surface area contributed by atoms with Crippen LogP contribution in [-0.4, -0.2) is 41.0 Å². The van der Waals surface area contributed by atoms with E-state index in [0.717, 1.165) is 10.6 Å². The number of carbonyl (C=O) groups excluding carboxylic acids is 2. The minimum atomic E-state index is -0.618. The highest BCUT2D eigenvalue weighted by Gasteiger charge is 2.17. The molecule has 0 atom stereocenters. The van der Waals surface area contributed by atoms with Crippen molar-refractivity contribution in [1.82, 2.24) is 9.99 Å². The molecule has 4 rings (SSSR count). The van der Waals surface area contributed by atoms with Crippen molar-refractivity contribution in [3.8, 4) is 17.3 Å². The number of hydrazone groups is 1. The van der Waals surface area contributed by atoms with Gasteiger partial charge in [-0.2, -0.15) is 5.10 Å². The van der Waals surface area contributed by atoms with Crippen LogP contribution in [0.15, 0.2) is 82.7 Å². The van der Waals surface area contributed by atoms with Crippen LogP contribution in [0.4, 0.5) is 4.39 Å².